The number of para-hydroxylation sites is 2. The van der Waals surface area contributed by atoms with E-state index >= 15 is 0 Å². The van der Waals surface area contributed by atoms with Gasteiger partial charge in [-0.3, -0.25) is 9.59 Å². The lowest BCUT2D eigenvalue weighted by atomic mass is 10.1. The number of ether oxygens (including phenoxy) is 3. The van der Waals surface area contributed by atoms with Gasteiger partial charge in [-0.25, -0.2) is 18.9 Å². The molecule has 0 unspecified atom stereocenters. The highest BCUT2D eigenvalue weighted by Gasteiger charge is 2.21. The van der Waals surface area contributed by atoms with Gasteiger partial charge in [-0.2, -0.15) is 0 Å². The van der Waals surface area contributed by atoms with Crippen LogP contribution in [-0.4, -0.2) is 40.3 Å². The number of hydrogen-bond acceptors (Lipinski definition) is 7. The molecule has 184 valence electrons. The number of carbonyl (C=O) groups is 1. The molecule has 0 fully saturated rings. The molecule has 0 saturated heterocycles. The molecule has 0 aliphatic carbocycles. The molecular weight excluding hydrogens is 464 g/mol. The van der Waals surface area contributed by atoms with Crippen molar-refractivity contribution in [1.29, 1.82) is 0 Å². The van der Waals surface area contributed by atoms with Gasteiger partial charge in [0.2, 0.25) is 5.91 Å². The van der Waals surface area contributed by atoms with Gasteiger partial charge < -0.3 is 19.5 Å². The number of benzene rings is 2. The van der Waals surface area contributed by atoms with E-state index < -0.39 is 23.7 Å². The largest absolute Gasteiger partial charge is 0.495 e. The van der Waals surface area contributed by atoms with Crippen molar-refractivity contribution in [1.82, 2.24) is 14.1 Å². The maximum Gasteiger partial charge on any atom is 0.337 e. The van der Waals surface area contributed by atoms with Gasteiger partial charge in [0.15, 0.2) is 17.1 Å². The van der Waals surface area contributed by atoms with Crippen LogP contribution < -0.4 is 30.8 Å². The standard InChI is InChI=1S/C26H24N4O6/c1-15-12-16(2)27-24-23(15)25(32)29(26(33)30(24)18-6-4-5-7-19(18)34-3)14-22(31)28-17-8-9-20-21(13-17)36-11-10-35-20/h4-9,12-13H,10-11,14H2,1-3H3,(H,28,31). The second-order valence-electron chi connectivity index (χ2n) is 8.37. The summed E-state index contributed by atoms with van der Waals surface area (Å²) in [6.07, 6.45) is 0. The minimum absolute atomic E-state index is 0.204. The molecule has 0 spiro atoms. The highest BCUT2D eigenvalue weighted by Crippen LogP contribution is 2.32. The van der Waals surface area contributed by atoms with E-state index in [4.69, 9.17) is 14.2 Å². The fourth-order valence-corrected chi connectivity index (χ4v) is 4.31. The molecule has 5 rings (SSSR count). The third-order valence-electron chi connectivity index (χ3n) is 5.87. The highest BCUT2D eigenvalue weighted by atomic mass is 16.6. The van der Waals surface area contributed by atoms with Crippen LogP contribution in [0.5, 0.6) is 17.2 Å². The SMILES string of the molecule is COc1ccccc1-n1c(=O)n(CC(=O)Nc2ccc3c(c2)OCCO3)c(=O)c2c(C)cc(C)nc21. The Morgan fingerprint density at radius 1 is 1.06 bits per heavy atom. The topological polar surface area (TPSA) is 114 Å². The Hall–Kier alpha value is -4.60. The first-order valence-corrected chi connectivity index (χ1v) is 11.3. The normalized spacial score (nSPS) is 12.4. The van der Waals surface area contributed by atoms with Crippen LogP contribution in [0.1, 0.15) is 11.3 Å². The molecule has 0 atom stereocenters. The number of anilines is 1. The monoisotopic (exact) mass is 488 g/mol. The molecule has 3 heterocycles. The summed E-state index contributed by atoms with van der Waals surface area (Å²) in [6, 6.07) is 13.7. The number of aryl methyl sites for hydroxylation is 2. The summed E-state index contributed by atoms with van der Waals surface area (Å²) in [6.45, 7) is 3.93. The smallest absolute Gasteiger partial charge is 0.337 e. The molecule has 10 nitrogen and oxygen atoms in total. The van der Waals surface area contributed by atoms with E-state index in [1.807, 2.05) is 0 Å². The van der Waals surface area contributed by atoms with E-state index in [-0.39, 0.29) is 11.0 Å². The summed E-state index contributed by atoms with van der Waals surface area (Å²) in [5.74, 6) is 0.975. The Balaban J connectivity index is 1.61. The Kier molecular flexibility index (Phi) is 5.93. The molecular formula is C26H24N4O6. The fourth-order valence-electron chi connectivity index (χ4n) is 4.31. The minimum Gasteiger partial charge on any atom is -0.495 e. The van der Waals surface area contributed by atoms with Crippen molar-refractivity contribution in [2.24, 2.45) is 0 Å². The number of carbonyl (C=O) groups excluding carboxylic acids is 1. The molecule has 1 N–H and O–H groups in total. The number of fused-ring (bicyclic) bond motifs is 2. The zero-order valence-corrected chi connectivity index (χ0v) is 20.0. The Labute approximate surface area is 205 Å². The van der Waals surface area contributed by atoms with Gasteiger partial charge in [-0.1, -0.05) is 12.1 Å². The number of pyridine rings is 1. The third-order valence-corrected chi connectivity index (χ3v) is 5.87. The van der Waals surface area contributed by atoms with Gasteiger partial charge in [0.25, 0.3) is 5.56 Å². The van der Waals surface area contributed by atoms with Crippen LogP contribution in [0, 0.1) is 13.8 Å². The highest BCUT2D eigenvalue weighted by molar-refractivity contribution is 5.91. The summed E-state index contributed by atoms with van der Waals surface area (Å²) in [7, 11) is 1.49. The quantitative estimate of drug-likeness (QED) is 0.459. The Morgan fingerprint density at radius 2 is 1.81 bits per heavy atom. The van der Waals surface area contributed by atoms with Crippen LogP contribution in [0.4, 0.5) is 5.69 Å². The number of nitrogens with one attached hydrogen (secondary N) is 1. The molecule has 36 heavy (non-hydrogen) atoms. The summed E-state index contributed by atoms with van der Waals surface area (Å²) in [5.41, 5.74) is 1.07. The van der Waals surface area contributed by atoms with E-state index in [2.05, 4.69) is 10.3 Å². The van der Waals surface area contributed by atoms with Crippen molar-refractivity contribution in [3.05, 3.63) is 80.6 Å². The van der Waals surface area contributed by atoms with Gasteiger partial charge >= 0.3 is 5.69 Å². The summed E-state index contributed by atoms with van der Waals surface area (Å²) in [5, 5.41) is 2.97. The minimum atomic E-state index is -0.702. The third kappa shape index (κ3) is 4.06. The first-order chi connectivity index (χ1) is 17.4. The maximum absolute atomic E-state index is 13.7. The van der Waals surface area contributed by atoms with Crippen molar-refractivity contribution >= 4 is 22.6 Å². The average molecular weight is 489 g/mol. The van der Waals surface area contributed by atoms with Gasteiger partial charge in [0, 0.05) is 17.4 Å². The molecule has 0 radical (unpaired) electrons. The number of hydrogen-bond donors (Lipinski definition) is 1. The molecule has 0 bridgehead atoms. The molecule has 1 aliphatic heterocycles. The maximum atomic E-state index is 13.7. The molecule has 4 aromatic rings. The fraction of sp³-hybridized carbons (Fsp3) is 0.231. The first kappa shape index (κ1) is 23.2. The zero-order chi connectivity index (χ0) is 25.4. The van der Waals surface area contributed by atoms with E-state index in [0.29, 0.717) is 53.1 Å². The van der Waals surface area contributed by atoms with E-state index in [9.17, 15) is 14.4 Å². The number of nitrogens with zero attached hydrogens (tertiary/aromatic N) is 3. The van der Waals surface area contributed by atoms with Crippen LogP contribution in [0.3, 0.4) is 0 Å². The van der Waals surface area contributed by atoms with Crippen LogP contribution >= 0.6 is 0 Å². The Bertz CT molecular complexity index is 1620. The predicted octanol–water partition coefficient (Wildman–Crippen LogP) is 2.58. The number of rotatable bonds is 5. The molecule has 1 aliphatic rings. The first-order valence-electron chi connectivity index (χ1n) is 11.3. The van der Waals surface area contributed by atoms with Crippen LogP contribution in [-0.2, 0) is 11.3 Å². The van der Waals surface area contributed by atoms with Crippen LogP contribution in [0.15, 0.2) is 58.1 Å². The van der Waals surface area contributed by atoms with Gasteiger partial charge in [-0.05, 0) is 49.7 Å². The molecule has 1 amide bonds. The molecule has 10 heteroatoms. The van der Waals surface area contributed by atoms with Gasteiger partial charge in [-0.15, -0.1) is 0 Å². The summed E-state index contributed by atoms with van der Waals surface area (Å²) in [4.78, 5) is 44.6. The second-order valence-corrected chi connectivity index (χ2v) is 8.37. The van der Waals surface area contributed by atoms with E-state index in [1.54, 1.807) is 62.4 Å². The number of methoxy groups -OCH3 is 1. The van der Waals surface area contributed by atoms with Gasteiger partial charge in [0.1, 0.15) is 25.5 Å². The number of aromatic nitrogens is 3. The molecule has 2 aromatic carbocycles. The van der Waals surface area contributed by atoms with Crippen molar-refractivity contribution in [3.8, 4) is 22.9 Å². The predicted molar refractivity (Wildman–Crippen MR) is 134 cm³/mol. The average Bonchev–Trinajstić information content (AvgIpc) is 2.86. The van der Waals surface area contributed by atoms with Crippen LogP contribution in [0.25, 0.3) is 16.7 Å². The van der Waals surface area contributed by atoms with Crippen molar-refractivity contribution in [2.75, 3.05) is 25.6 Å². The number of amides is 1. The van der Waals surface area contributed by atoms with Crippen molar-refractivity contribution in [3.63, 3.8) is 0 Å². The Morgan fingerprint density at radius 3 is 2.58 bits per heavy atom. The van der Waals surface area contributed by atoms with Crippen molar-refractivity contribution in [2.45, 2.75) is 20.4 Å². The molecule has 0 saturated carbocycles. The second kappa shape index (κ2) is 9.21. The van der Waals surface area contributed by atoms with Gasteiger partial charge in [0.05, 0.1) is 18.2 Å². The summed E-state index contributed by atoms with van der Waals surface area (Å²) >= 11 is 0. The zero-order valence-electron chi connectivity index (χ0n) is 20.0. The molecule has 2 aromatic heterocycles. The van der Waals surface area contributed by atoms with E-state index in [0.717, 1.165) is 4.57 Å². The van der Waals surface area contributed by atoms with Crippen molar-refractivity contribution < 1.29 is 19.0 Å². The lowest BCUT2D eigenvalue weighted by molar-refractivity contribution is -0.116. The summed E-state index contributed by atoms with van der Waals surface area (Å²) < 4.78 is 18.7. The lowest BCUT2D eigenvalue weighted by Gasteiger charge is -2.19. The van der Waals surface area contributed by atoms with Crippen LogP contribution in [0.2, 0.25) is 0 Å². The van der Waals surface area contributed by atoms with E-state index in [1.165, 1.54) is 11.7 Å². The lowest BCUT2D eigenvalue weighted by Crippen LogP contribution is -2.42.